The summed E-state index contributed by atoms with van der Waals surface area (Å²) in [6, 6.07) is 14.4. The Kier molecular flexibility index (Phi) is 3.51. The maximum atomic E-state index is 11.9. The first kappa shape index (κ1) is 14.1. The molecular formula is C18H15NO3. The third-order valence-corrected chi connectivity index (χ3v) is 3.71. The predicted octanol–water partition coefficient (Wildman–Crippen LogP) is 4.13. The van der Waals surface area contributed by atoms with Crippen molar-refractivity contribution < 1.29 is 14.7 Å². The SMILES string of the molecule is CCC(=O)c1cc2c(-c3cccc(C(=O)O)c3)cccc2[nH]1. The third kappa shape index (κ3) is 2.39. The Morgan fingerprint density at radius 1 is 1.09 bits per heavy atom. The Labute approximate surface area is 127 Å². The molecule has 0 unspecified atom stereocenters. The number of benzene rings is 2. The van der Waals surface area contributed by atoms with Gasteiger partial charge in [-0.05, 0) is 35.4 Å². The molecule has 3 aromatic rings. The van der Waals surface area contributed by atoms with Gasteiger partial charge < -0.3 is 10.1 Å². The van der Waals surface area contributed by atoms with Crippen LogP contribution in [0, 0.1) is 0 Å². The minimum Gasteiger partial charge on any atom is -0.478 e. The summed E-state index contributed by atoms with van der Waals surface area (Å²) in [6.45, 7) is 1.82. The third-order valence-electron chi connectivity index (χ3n) is 3.71. The van der Waals surface area contributed by atoms with Crippen molar-refractivity contribution >= 4 is 22.7 Å². The first-order valence-electron chi connectivity index (χ1n) is 7.09. The van der Waals surface area contributed by atoms with E-state index in [1.54, 1.807) is 18.2 Å². The van der Waals surface area contributed by atoms with Gasteiger partial charge in [0.1, 0.15) is 0 Å². The highest BCUT2D eigenvalue weighted by atomic mass is 16.4. The largest absolute Gasteiger partial charge is 0.478 e. The standard InChI is InChI=1S/C18H15NO3/c1-2-17(20)16-10-14-13(7-4-8-15(14)19-16)11-5-3-6-12(9-11)18(21)22/h3-10,19H,2H2,1H3,(H,21,22). The zero-order valence-corrected chi connectivity index (χ0v) is 12.1. The molecule has 0 saturated carbocycles. The summed E-state index contributed by atoms with van der Waals surface area (Å²) in [5.41, 5.74) is 3.43. The van der Waals surface area contributed by atoms with Gasteiger partial charge in [-0.3, -0.25) is 4.79 Å². The van der Waals surface area contributed by atoms with Gasteiger partial charge in [0.25, 0.3) is 0 Å². The monoisotopic (exact) mass is 293 g/mol. The van der Waals surface area contributed by atoms with Crippen LogP contribution in [0.15, 0.2) is 48.5 Å². The van der Waals surface area contributed by atoms with Gasteiger partial charge in [0, 0.05) is 17.3 Å². The van der Waals surface area contributed by atoms with Crippen molar-refractivity contribution in [3.05, 3.63) is 59.8 Å². The number of carbonyl (C=O) groups excluding carboxylic acids is 1. The van der Waals surface area contributed by atoms with Crippen LogP contribution in [-0.4, -0.2) is 21.8 Å². The van der Waals surface area contributed by atoms with E-state index in [-0.39, 0.29) is 11.3 Å². The lowest BCUT2D eigenvalue weighted by atomic mass is 9.99. The van der Waals surface area contributed by atoms with Crippen LogP contribution in [0.3, 0.4) is 0 Å². The second-order valence-corrected chi connectivity index (χ2v) is 5.11. The lowest BCUT2D eigenvalue weighted by Crippen LogP contribution is -1.95. The molecule has 0 aliphatic carbocycles. The molecule has 1 aromatic heterocycles. The Bertz CT molecular complexity index is 877. The van der Waals surface area contributed by atoms with E-state index in [0.717, 1.165) is 22.0 Å². The summed E-state index contributed by atoms with van der Waals surface area (Å²) in [5.74, 6) is -0.897. The zero-order chi connectivity index (χ0) is 15.7. The van der Waals surface area contributed by atoms with Gasteiger partial charge in [-0.25, -0.2) is 4.79 Å². The Morgan fingerprint density at radius 3 is 2.59 bits per heavy atom. The Morgan fingerprint density at radius 2 is 1.86 bits per heavy atom. The maximum Gasteiger partial charge on any atom is 0.335 e. The normalized spacial score (nSPS) is 10.8. The van der Waals surface area contributed by atoms with Crippen molar-refractivity contribution in [3.8, 4) is 11.1 Å². The lowest BCUT2D eigenvalue weighted by molar-refractivity contribution is 0.0696. The predicted molar refractivity (Wildman–Crippen MR) is 85.3 cm³/mol. The first-order valence-corrected chi connectivity index (χ1v) is 7.09. The molecule has 0 atom stereocenters. The summed E-state index contributed by atoms with van der Waals surface area (Å²) < 4.78 is 0. The summed E-state index contributed by atoms with van der Waals surface area (Å²) in [5, 5.41) is 10.0. The Balaban J connectivity index is 2.18. The second kappa shape index (κ2) is 5.48. The highest BCUT2D eigenvalue weighted by Gasteiger charge is 2.12. The van der Waals surface area contributed by atoms with E-state index >= 15 is 0 Å². The molecule has 0 spiro atoms. The summed E-state index contributed by atoms with van der Waals surface area (Å²) >= 11 is 0. The van der Waals surface area contributed by atoms with Crippen LogP contribution in [0.25, 0.3) is 22.0 Å². The molecule has 0 aliphatic heterocycles. The topological polar surface area (TPSA) is 70.2 Å². The molecule has 2 N–H and O–H groups in total. The van der Waals surface area contributed by atoms with Crippen LogP contribution in [0.2, 0.25) is 0 Å². The number of carboxylic acids is 1. The smallest absolute Gasteiger partial charge is 0.335 e. The number of carbonyl (C=O) groups is 2. The fourth-order valence-corrected chi connectivity index (χ4v) is 2.57. The first-order chi connectivity index (χ1) is 10.6. The Hall–Kier alpha value is -2.88. The van der Waals surface area contributed by atoms with Crippen LogP contribution >= 0.6 is 0 Å². The molecule has 0 radical (unpaired) electrons. The molecule has 0 aliphatic rings. The van der Waals surface area contributed by atoms with Crippen LogP contribution in [0.4, 0.5) is 0 Å². The van der Waals surface area contributed by atoms with Crippen molar-refractivity contribution in [2.24, 2.45) is 0 Å². The van der Waals surface area contributed by atoms with E-state index in [1.807, 2.05) is 37.3 Å². The van der Waals surface area contributed by atoms with E-state index < -0.39 is 5.97 Å². The van der Waals surface area contributed by atoms with Crippen molar-refractivity contribution in [2.45, 2.75) is 13.3 Å². The molecule has 3 rings (SSSR count). The van der Waals surface area contributed by atoms with Gasteiger partial charge in [-0.15, -0.1) is 0 Å². The zero-order valence-electron chi connectivity index (χ0n) is 12.1. The molecule has 22 heavy (non-hydrogen) atoms. The van der Waals surface area contributed by atoms with Crippen molar-refractivity contribution in [2.75, 3.05) is 0 Å². The molecule has 0 fully saturated rings. The fraction of sp³-hybridized carbons (Fsp3) is 0.111. The van der Waals surface area contributed by atoms with Crippen LogP contribution in [0.1, 0.15) is 34.2 Å². The van der Waals surface area contributed by atoms with E-state index in [9.17, 15) is 9.59 Å². The minimum absolute atomic E-state index is 0.0569. The van der Waals surface area contributed by atoms with Gasteiger partial charge in [0.2, 0.25) is 0 Å². The molecule has 1 heterocycles. The number of carboxylic acid groups (broad SMARTS) is 1. The minimum atomic E-state index is -0.954. The highest BCUT2D eigenvalue weighted by molar-refractivity contribution is 6.04. The molecule has 2 aromatic carbocycles. The van der Waals surface area contributed by atoms with Gasteiger partial charge >= 0.3 is 5.97 Å². The number of rotatable bonds is 4. The number of H-pyrrole nitrogens is 1. The van der Waals surface area contributed by atoms with E-state index in [2.05, 4.69) is 4.98 Å². The highest BCUT2D eigenvalue weighted by Crippen LogP contribution is 2.30. The number of aromatic carboxylic acids is 1. The number of aromatic amines is 1. The van der Waals surface area contributed by atoms with Crippen LogP contribution in [0.5, 0.6) is 0 Å². The molecular weight excluding hydrogens is 278 g/mol. The number of nitrogens with one attached hydrogen (secondary N) is 1. The van der Waals surface area contributed by atoms with E-state index in [4.69, 9.17) is 5.11 Å². The van der Waals surface area contributed by atoms with Gasteiger partial charge in [0.15, 0.2) is 5.78 Å². The number of Topliss-reactive ketones (excluding diaryl/α,β-unsaturated/α-hetero) is 1. The average molecular weight is 293 g/mol. The van der Waals surface area contributed by atoms with Crippen molar-refractivity contribution in [3.63, 3.8) is 0 Å². The van der Waals surface area contributed by atoms with Gasteiger partial charge in [-0.2, -0.15) is 0 Å². The van der Waals surface area contributed by atoms with Crippen molar-refractivity contribution in [1.82, 2.24) is 4.98 Å². The summed E-state index contributed by atoms with van der Waals surface area (Å²) in [6.07, 6.45) is 0.441. The molecule has 4 nitrogen and oxygen atoms in total. The van der Waals surface area contributed by atoms with Crippen LogP contribution in [-0.2, 0) is 0 Å². The maximum absolute atomic E-state index is 11.9. The number of hydrogen-bond donors (Lipinski definition) is 2. The number of ketones is 1. The van der Waals surface area contributed by atoms with Gasteiger partial charge in [0.05, 0.1) is 11.3 Å². The number of hydrogen-bond acceptors (Lipinski definition) is 2. The molecule has 0 amide bonds. The van der Waals surface area contributed by atoms with Gasteiger partial charge in [-0.1, -0.05) is 31.2 Å². The van der Waals surface area contributed by atoms with E-state index in [1.165, 1.54) is 0 Å². The van der Waals surface area contributed by atoms with Crippen LogP contribution < -0.4 is 0 Å². The van der Waals surface area contributed by atoms with Crippen molar-refractivity contribution in [1.29, 1.82) is 0 Å². The summed E-state index contributed by atoms with van der Waals surface area (Å²) in [4.78, 5) is 26.1. The molecule has 0 bridgehead atoms. The lowest BCUT2D eigenvalue weighted by Gasteiger charge is -2.04. The average Bonchev–Trinajstić information content (AvgIpc) is 2.98. The number of aromatic nitrogens is 1. The quantitative estimate of drug-likeness (QED) is 0.711. The molecule has 110 valence electrons. The fourth-order valence-electron chi connectivity index (χ4n) is 2.57. The second-order valence-electron chi connectivity index (χ2n) is 5.11. The molecule has 4 heteroatoms. The van der Waals surface area contributed by atoms with E-state index in [0.29, 0.717) is 12.1 Å². The molecule has 0 saturated heterocycles. The summed E-state index contributed by atoms with van der Waals surface area (Å²) in [7, 11) is 0. The number of fused-ring (bicyclic) bond motifs is 1.